The van der Waals surface area contributed by atoms with Crippen LogP contribution in [0, 0.1) is 0 Å². The molecule has 1 rings (SSSR count). The Bertz CT molecular complexity index is 488. The van der Waals surface area contributed by atoms with Crippen LogP contribution >= 0.6 is 0 Å². The van der Waals surface area contributed by atoms with Crippen molar-refractivity contribution in [3.8, 4) is 11.5 Å². The summed E-state index contributed by atoms with van der Waals surface area (Å²) in [5, 5.41) is 18.8. The van der Waals surface area contributed by atoms with Gasteiger partial charge in [-0.1, -0.05) is 12.1 Å². The van der Waals surface area contributed by atoms with Crippen molar-refractivity contribution in [1.82, 2.24) is 0 Å². The third kappa shape index (κ3) is 2.84. The Morgan fingerprint density at radius 3 is 2.47 bits per heavy atom. The molecule has 0 aromatic heterocycles. The van der Waals surface area contributed by atoms with E-state index in [9.17, 15) is 19.8 Å². The second-order valence-corrected chi connectivity index (χ2v) is 3.32. The molecule has 0 bridgehead atoms. The molecule has 1 aromatic rings. The monoisotopic (exact) mass is 236 g/mol. The number of Topliss-reactive ketones (excluding diaryl/α,β-unsaturated/α-hetero) is 1. The molecule has 0 saturated heterocycles. The lowest BCUT2D eigenvalue weighted by Gasteiger charge is -2.04. The van der Waals surface area contributed by atoms with Gasteiger partial charge in [-0.15, -0.1) is 0 Å². The molecule has 0 spiro atoms. The minimum absolute atomic E-state index is 0.167. The quantitative estimate of drug-likeness (QED) is 0.271. The molecule has 0 fully saturated rings. The predicted molar refractivity (Wildman–Crippen MR) is 60.4 cm³/mol. The molecule has 0 saturated carbocycles. The number of hydrogen-bond acceptors (Lipinski definition) is 5. The Balaban J connectivity index is 3.27. The third-order valence-electron chi connectivity index (χ3n) is 2.13. The van der Waals surface area contributed by atoms with Gasteiger partial charge in [0.15, 0.2) is 17.3 Å². The third-order valence-corrected chi connectivity index (χ3v) is 2.13. The highest BCUT2D eigenvalue weighted by Gasteiger charge is 2.16. The van der Waals surface area contributed by atoms with E-state index < -0.39 is 17.5 Å². The first kappa shape index (κ1) is 12.8. The summed E-state index contributed by atoms with van der Waals surface area (Å²) in [7, 11) is 1.15. The molecule has 2 N–H and O–H groups in total. The van der Waals surface area contributed by atoms with E-state index in [0.717, 1.165) is 7.11 Å². The van der Waals surface area contributed by atoms with E-state index in [-0.39, 0.29) is 16.9 Å². The smallest absolute Gasteiger partial charge is 0.341 e. The number of rotatable bonds is 3. The molecule has 0 aliphatic carbocycles. The molecule has 0 aliphatic rings. The molecule has 0 amide bonds. The van der Waals surface area contributed by atoms with Crippen molar-refractivity contribution in [2.24, 2.45) is 0 Å². The number of para-hydroxylation sites is 1. The van der Waals surface area contributed by atoms with Crippen LogP contribution in [0.25, 0.3) is 6.08 Å². The molecule has 0 unspecified atom stereocenters. The van der Waals surface area contributed by atoms with Gasteiger partial charge in [-0.05, 0) is 19.1 Å². The lowest BCUT2D eigenvalue weighted by atomic mass is 10.1. The molecule has 1 aromatic carbocycles. The Hall–Kier alpha value is -2.30. The second-order valence-electron chi connectivity index (χ2n) is 3.32. The highest BCUT2D eigenvalue weighted by Crippen LogP contribution is 2.29. The van der Waals surface area contributed by atoms with Gasteiger partial charge in [-0.3, -0.25) is 4.79 Å². The SMILES string of the molecule is COC(=O)C(=Cc1cccc(O)c1O)C(C)=O. The Morgan fingerprint density at radius 2 is 1.94 bits per heavy atom. The lowest BCUT2D eigenvalue weighted by Crippen LogP contribution is -2.11. The van der Waals surface area contributed by atoms with E-state index >= 15 is 0 Å². The topological polar surface area (TPSA) is 83.8 Å². The number of carbonyl (C=O) groups excluding carboxylic acids is 2. The standard InChI is InChI=1S/C12H12O5/c1-7(13)9(12(16)17-2)6-8-4-3-5-10(14)11(8)15/h3-6,14-15H,1-2H3. The van der Waals surface area contributed by atoms with Gasteiger partial charge in [0.05, 0.1) is 7.11 Å². The summed E-state index contributed by atoms with van der Waals surface area (Å²) < 4.78 is 4.44. The van der Waals surface area contributed by atoms with E-state index in [2.05, 4.69) is 4.74 Å². The van der Waals surface area contributed by atoms with E-state index in [4.69, 9.17) is 0 Å². The molecule has 90 valence electrons. The van der Waals surface area contributed by atoms with E-state index in [1.165, 1.54) is 31.2 Å². The second kappa shape index (κ2) is 5.16. The maximum atomic E-state index is 11.3. The molecule has 5 nitrogen and oxygen atoms in total. The summed E-state index contributed by atoms with van der Waals surface area (Å²) >= 11 is 0. The first-order valence-corrected chi connectivity index (χ1v) is 4.79. The number of phenols is 2. The van der Waals surface area contributed by atoms with Crippen LogP contribution in [0.1, 0.15) is 12.5 Å². The van der Waals surface area contributed by atoms with Crippen molar-refractivity contribution in [1.29, 1.82) is 0 Å². The van der Waals surface area contributed by atoms with Crippen molar-refractivity contribution < 1.29 is 24.5 Å². The van der Waals surface area contributed by atoms with Gasteiger partial charge < -0.3 is 14.9 Å². The molecule has 0 aliphatic heterocycles. The fourth-order valence-corrected chi connectivity index (χ4v) is 1.23. The van der Waals surface area contributed by atoms with Crippen molar-refractivity contribution in [3.63, 3.8) is 0 Å². The summed E-state index contributed by atoms with van der Waals surface area (Å²) in [5.74, 6) is -2.00. The van der Waals surface area contributed by atoms with Gasteiger partial charge in [0, 0.05) is 5.56 Å². The number of methoxy groups -OCH3 is 1. The predicted octanol–water partition coefficient (Wildman–Crippen LogP) is 1.24. The summed E-state index contributed by atoms with van der Waals surface area (Å²) in [5.41, 5.74) is -0.0333. The van der Waals surface area contributed by atoms with Crippen LogP contribution in [0.3, 0.4) is 0 Å². The van der Waals surface area contributed by atoms with Gasteiger partial charge in [-0.25, -0.2) is 4.79 Å². The number of ether oxygens (including phenoxy) is 1. The van der Waals surface area contributed by atoms with Crippen molar-refractivity contribution >= 4 is 17.8 Å². The van der Waals surface area contributed by atoms with Gasteiger partial charge in [0.1, 0.15) is 5.57 Å². The van der Waals surface area contributed by atoms with Crippen molar-refractivity contribution in [2.45, 2.75) is 6.92 Å². The zero-order valence-corrected chi connectivity index (χ0v) is 9.43. The average molecular weight is 236 g/mol. The number of benzene rings is 1. The molecule has 0 heterocycles. The average Bonchev–Trinajstić information content (AvgIpc) is 2.29. The van der Waals surface area contributed by atoms with E-state index in [0.29, 0.717) is 0 Å². The summed E-state index contributed by atoms with van der Waals surface area (Å²) in [6, 6.07) is 4.23. The van der Waals surface area contributed by atoms with Crippen molar-refractivity contribution in [3.05, 3.63) is 29.3 Å². The normalized spacial score (nSPS) is 11.1. The summed E-state index contributed by atoms with van der Waals surface area (Å²) in [6.07, 6.45) is 1.17. The van der Waals surface area contributed by atoms with E-state index in [1.54, 1.807) is 0 Å². The Morgan fingerprint density at radius 1 is 1.29 bits per heavy atom. The Kier molecular flexibility index (Phi) is 3.87. The number of carbonyl (C=O) groups is 2. The zero-order valence-electron chi connectivity index (χ0n) is 9.43. The van der Waals surface area contributed by atoms with Gasteiger partial charge >= 0.3 is 5.97 Å². The maximum absolute atomic E-state index is 11.3. The minimum atomic E-state index is -0.791. The van der Waals surface area contributed by atoms with Crippen molar-refractivity contribution in [2.75, 3.05) is 7.11 Å². The highest BCUT2D eigenvalue weighted by atomic mass is 16.5. The van der Waals surface area contributed by atoms with Crippen LogP contribution in [-0.2, 0) is 14.3 Å². The fourth-order valence-electron chi connectivity index (χ4n) is 1.23. The number of phenolic OH excluding ortho intramolecular Hbond substituents is 2. The van der Waals surface area contributed by atoms with Crippen LogP contribution in [0.5, 0.6) is 11.5 Å². The molecule has 17 heavy (non-hydrogen) atoms. The Labute approximate surface area is 98.0 Å². The highest BCUT2D eigenvalue weighted by molar-refractivity contribution is 6.19. The maximum Gasteiger partial charge on any atom is 0.341 e. The van der Waals surface area contributed by atoms with Gasteiger partial charge in [0.2, 0.25) is 0 Å². The number of ketones is 1. The number of aromatic hydroxyl groups is 2. The first-order valence-electron chi connectivity index (χ1n) is 4.79. The number of esters is 1. The molecule has 5 heteroatoms. The molecule has 0 atom stereocenters. The molecular formula is C12H12O5. The van der Waals surface area contributed by atoms with Gasteiger partial charge in [0.25, 0.3) is 0 Å². The lowest BCUT2D eigenvalue weighted by molar-refractivity contribution is -0.137. The van der Waals surface area contributed by atoms with Crippen LogP contribution in [0.15, 0.2) is 23.8 Å². The summed E-state index contributed by atoms with van der Waals surface area (Å²) in [6.45, 7) is 1.21. The summed E-state index contributed by atoms with van der Waals surface area (Å²) in [4.78, 5) is 22.5. The van der Waals surface area contributed by atoms with Crippen LogP contribution in [0.2, 0.25) is 0 Å². The minimum Gasteiger partial charge on any atom is -0.504 e. The van der Waals surface area contributed by atoms with E-state index in [1.807, 2.05) is 0 Å². The zero-order chi connectivity index (χ0) is 13.0. The largest absolute Gasteiger partial charge is 0.504 e. The van der Waals surface area contributed by atoms with Crippen LogP contribution in [0.4, 0.5) is 0 Å². The van der Waals surface area contributed by atoms with Crippen LogP contribution < -0.4 is 0 Å². The first-order chi connectivity index (χ1) is 7.97. The molecule has 0 radical (unpaired) electrons. The fraction of sp³-hybridized carbons (Fsp3) is 0.167. The number of hydrogen-bond donors (Lipinski definition) is 2. The van der Waals surface area contributed by atoms with Gasteiger partial charge in [-0.2, -0.15) is 0 Å². The molecular weight excluding hydrogens is 224 g/mol. The van der Waals surface area contributed by atoms with Crippen LogP contribution in [-0.4, -0.2) is 29.1 Å².